The molecule has 0 saturated heterocycles. The van der Waals surface area contributed by atoms with Crippen LogP contribution in [0.4, 0.5) is 17.1 Å². The average molecular weight is 974 g/mol. The van der Waals surface area contributed by atoms with Gasteiger partial charge >= 0.3 is 0 Å². The van der Waals surface area contributed by atoms with Crippen molar-refractivity contribution in [3.63, 3.8) is 0 Å². The van der Waals surface area contributed by atoms with Gasteiger partial charge in [0.2, 0.25) is 0 Å². The van der Waals surface area contributed by atoms with E-state index in [1.54, 1.807) is 0 Å². The first-order valence-electron chi connectivity index (χ1n) is 26.7. The van der Waals surface area contributed by atoms with Gasteiger partial charge in [-0.2, -0.15) is 0 Å². The third kappa shape index (κ3) is 5.67. The maximum Gasteiger partial charge on any atom is 0.143 e. The summed E-state index contributed by atoms with van der Waals surface area (Å²) in [6.45, 7) is 9.61. The van der Waals surface area contributed by atoms with E-state index in [0.29, 0.717) is 0 Å². The van der Waals surface area contributed by atoms with Crippen LogP contribution in [-0.4, -0.2) is 0 Å². The van der Waals surface area contributed by atoms with E-state index >= 15 is 0 Å². The van der Waals surface area contributed by atoms with Gasteiger partial charge in [-0.25, -0.2) is 0 Å². The number of benzene rings is 11. The summed E-state index contributed by atoms with van der Waals surface area (Å²) in [6.07, 6.45) is 0. The highest BCUT2D eigenvalue weighted by molar-refractivity contribution is 6.20. The fourth-order valence-electron chi connectivity index (χ4n) is 14.2. The molecule has 3 aliphatic carbocycles. The van der Waals surface area contributed by atoms with E-state index in [9.17, 15) is 0 Å². The van der Waals surface area contributed by atoms with Crippen molar-refractivity contribution in [1.82, 2.24) is 0 Å². The zero-order valence-electron chi connectivity index (χ0n) is 42.8. The van der Waals surface area contributed by atoms with E-state index in [4.69, 9.17) is 8.83 Å². The lowest BCUT2D eigenvalue weighted by atomic mass is 9.67. The van der Waals surface area contributed by atoms with Crippen LogP contribution >= 0.6 is 0 Å². The van der Waals surface area contributed by atoms with E-state index in [2.05, 4.69) is 269 Å². The summed E-state index contributed by atoms with van der Waals surface area (Å²) in [5, 5.41) is 4.66. The van der Waals surface area contributed by atoms with E-state index in [1.165, 1.54) is 88.7 Å². The summed E-state index contributed by atoms with van der Waals surface area (Å²) < 4.78 is 13.5. The molecule has 16 rings (SSSR count). The van der Waals surface area contributed by atoms with Gasteiger partial charge in [-0.05, 0) is 156 Å². The molecule has 3 heteroatoms. The molecule has 0 aliphatic heterocycles. The minimum Gasteiger partial charge on any atom is -0.456 e. The predicted molar refractivity (Wildman–Crippen MR) is 314 cm³/mol. The molecule has 0 bridgehead atoms. The lowest BCUT2D eigenvalue weighted by Gasteiger charge is -2.35. The molecule has 0 unspecified atom stereocenters. The van der Waals surface area contributed by atoms with Gasteiger partial charge in [-0.15, -0.1) is 0 Å². The van der Waals surface area contributed by atoms with Crippen LogP contribution in [0, 0.1) is 0 Å². The number of anilines is 3. The van der Waals surface area contributed by atoms with Crippen molar-refractivity contribution in [3.8, 4) is 44.5 Å². The van der Waals surface area contributed by atoms with E-state index < -0.39 is 5.41 Å². The van der Waals surface area contributed by atoms with Crippen LogP contribution in [0.1, 0.15) is 72.2 Å². The molecule has 0 N–H and O–H groups in total. The fourth-order valence-corrected chi connectivity index (χ4v) is 14.2. The Morgan fingerprint density at radius 1 is 0.316 bits per heavy atom. The van der Waals surface area contributed by atoms with Crippen LogP contribution in [0.25, 0.3) is 88.4 Å². The Morgan fingerprint density at radius 3 is 1.50 bits per heavy atom. The lowest BCUT2D eigenvalue weighted by molar-refractivity contribution is 0.651. The van der Waals surface area contributed by atoms with Gasteiger partial charge in [0.1, 0.15) is 22.3 Å². The molecule has 0 fully saturated rings. The fraction of sp³-hybridized carbons (Fsp3) is 0.0959. The summed E-state index contributed by atoms with van der Waals surface area (Å²) in [7, 11) is 0. The molecule has 0 amide bonds. The zero-order valence-corrected chi connectivity index (χ0v) is 42.8. The van der Waals surface area contributed by atoms with E-state index in [-0.39, 0.29) is 10.8 Å². The third-order valence-electron chi connectivity index (χ3n) is 17.7. The Kier molecular flexibility index (Phi) is 8.79. The molecule has 0 spiro atoms. The third-order valence-corrected chi connectivity index (χ3v) is 17.7. The SMILES string of the molecule is CC1(C)c2cc(N(c3ccccc3)c3ccc4c(c3)C(c3ccccc3)(c3ccccc3)c3cc(-c5ccccc5)c5oc6ccccc6c5c3-4)ccc2-c2cc3c(cc21)-c1c(ccc2oc4ccccc4c12)C3(C)C. The molecule has 13 aromatic rings. The monoisotopic (exact) mass is 973 g/mol. The highest BCUT2D eigenvalue weighted by Gasteiger charge is 2.49. The maximum absolute atomic E-state index is 6.98. The number of fused-ring (bicyclic) bond motifs is 17. The number of para-hydroxylation sites is 3. The highest BCUT2D eigenvalue weighted by Crippen LogP contribution is 2.62. The van der Waals surface area contributed by atoms with Gasteiger partial charge in [0.15, 0.2) is 0 Å². The van der Waals surface area contributed by atoms with E-state index in [0.717, 1.165) is 61.3 Å². The number of rotatable bonds is 6. The van der Waals surface area contributed by atoms with Crippen molar-refractivity contribution in [3.05, 3.63) is 281 Å². The van der Waals surface area contributed by atoms with Crippen molar-refractivity contribution in [2.75, 3.05) is 4.90 Å². The lowest BCUT2D eigenvalue weighted by Crippen LogP contribution is -2.29. The van der Waals surface area contributed by atoms with Gasteiger partial charge in [0.05, 0.1) is 5.41 Å². The summed E-state index contributed by atoms with van der Waals surface area (Å²) in [6, 6.07) is 87.5. The summed E-state index contributed by atoms with van der Waals surface area (Å²) in [4.78, 5) is 2.47. The molecule has 3 aliphatic rings. The first-order valence-corrected chi connectivity index (χ1v) is 26.7. The molecule has 0 saturated carbocycles. The quantitative estimate of drug-likeness (QED) is 0.166. The largest absolute Gasteiger partial charge is 0.456 e. The number of hydrogen-bond acceptors (Lipinski definition) is 3. The minimum atomic E-state index is -0.690. The topological polar surface area (TPSA) is 29.5 Å². The zero-order chi connectivity index (χ0) is 50.7. The van der Waals surface area contributed by atoms with Crippen molar-refractivity contribution >= 4 is 60.9 Å². The Hall–Kier alpha value is -9.18. The van der Waals surface area contributed by atoms with Crippen LogP contribution in [0.15, 0.2) is 245 Å². The van der Waals surface area contributed by atoms with Crippen LogP contribution in [0.5, 0.6) is 0 Å². The minimum absolute atomic E-state index is 0.190. The van der Waals surface area contributed by atoms with Gasteiger partial charge in [0, 0.05) is 55.0 Å². The first-order chi connectivity index (χ1) is 37.2. The van der Waals surface area contributed by atoms with Crippen LogP contribution in [0.2, 0.25) is 0 Å². The highest BCUT2D eigenvalue weighted by atomic mass is 16.3. The normalized spacial score (nSPS) is 14.9. The molecule has 0 radical (unpaired) electrons. The second-order valence-corrected chi connectivity index (χ2v) is 22.3. The van der Waals surface area contributed by atoms with Crippen molar-refractivity contribution in [1.29, 1.82) is 0 Å². The molecule has 2 heterocycles. The molecular weight excluding hydrogens is 923 g/mol. The van der Waals surface area contributed by atoms with Gasteiger partial charge < -0.3 is 13.7 Å². The Balaban J connectivity index is 0.921. The molecule has 76 heavy (non-hydrogen) atoms. The predicted octanol–water partition coefficient (Wildman–Crippen LogP) is 19.6. The van der Waals surface area contributed by atoms with Gasteiger partial charge in [-0.1, -0.05) is 191 Å². The van der Waals surface area contributed by atoms with Gasteiger partial charge in [-0.3, -0.25) is 0 Å². The Bertz CT molecular complexity index is 4520. The van der Waals surface area contributed by atoms with Gasteiger partial charge in [0.25, 0.3) is 0 Å². The summed E-state index contributed by atoms with van der Waals surface area (Å²) in [5.41, 5.74) is 26.0. The number of furan rings is 2. The summed E-state index contributed by atoms with van der Waals surface area (Å²) >= 11 is 0. The average Bonchev–Trinajstić information content (AvgIpc) is 4.43. The molecule has 3 nitrogen and oxygen atoms in total. The van der Waals surface area contributed by atoms with Crippen LogP contribution in [0.3, 0.4) is 0 Å². The second-order valence-electron chi connectivity index (χ2n) is 22.3. The van der Waals surface area contributed by atoms with Crippen molar-refractivity contribution in [2.45, 2.75) is 43.9 Å². The van der Waals surface area contributed by atoms with Crippen molar-refractivity contribution < 1.29 is 8.83 Å². The standard InChI is InChI=1S/C73H51NO2/c1-71(2)57-37-38-65-68(52-29-17-19-31-63(52)75-65)67(57)56-43-59-55(42-60(56)71)50-35-33-48(39-58(50)72(59,3)4)74(47-27-15-8-16-28-47)49-34-36-51-61(40-49)73(45-23-11-6-12-24-45,46-25-13-7-14-26-46)62-41-54(44-21-9-5-10-22-44)70-69(66(51)62)53-30-18-20-32-64(53)76-70/h5-43H,1-4H3. The summed E-state index contributed by atoms with van der Waals surface area (Å²) in [5.74, 6) is 0. The molecule has 0 atom stereocenters. The Labute approximate surface area is 442 Å². The first kappa shape index (κ1) is 43.2. The Morgan fingerprint density at radius 2 is 0.816 bits per heavy atom. The van der Waals surface area contributed by atoms with Crippen molar-refractivity contribution in [2.24, 2.45) is 0 Å². The second kappa shape index (κ2) is 15.4. The molecule has 360 valence electrons. The number of nitrogens with zero attached hydrogens (tertiary/aromatic N) is 1. The van der Waals surface area contributed by atoms with E-state index in [1.807, 2.05) is 0 Å². The molecule has 2 aromatic heterocycles. The molecular formula is C73H51NO2. The van der Waals surface area contributed by atoms with Crippen LogP contribution < -0.4 is 4.90 Å². The number of hydrogen-bond donors (Lipinski definition) is 0. The maximum atomic E-state index is 6.98. The smallest absolute Gasteiger partial charge is 0.143 e. The molecule has 11 aromatic carbocycles. The van der Waals surface area contributed by atoms with Crippen LogP contribution in [-0.2, 0) is 16.2 Å².